The summed E-state index contributed by atoms with van der Waals surface area (Å²) in [7, 11) is 0. The fraction of sp³-hybridized carbons (Fsp3) is 0.368. The van der Waals surface area contributed by atoms with E-state index in [2.05, 4.69) is 9.97 Å². The number of aromatic nitrogens is 2. The number of fused-ring (bicyclic) bond motifs is 1. The van der Waals surface area contributed by atoms with Gasteiger partial charge in [-0.05, 0) is 18.2 Å². The van der Waals surface area contributed by atoms with E-state index >= 15 is 0 Å². The van der Waals surface area contributed by atoms with E-state index in [0.29, 0.717) is 50.0 Å². The van der Waals surface area contributed by atoms with Gasteiger partial charge in [0.05, 0.1) is 30.8 Å². The van der Waals surface area contributed by atoms with Crippen molar-refractivity contribution >= 4 is 5.91 Å². The van der Waals surface area contributed by atoms with Gasteiger partial charge in [0.25, 0.3) is 5.91 Å². The van der Waals surface area contributed by atoms with Crippen molar-refractivity contribution < 1.29 is 14.3 Å². The molecule has 132 valence electrons. The van der Waals surface area contributed by atoms with Crippen LogP contribution in [0.1, 0.15) is 16.1 Å². The summed E-state index contributed by atoms with van der Waals surface area (Å²) in [4.78, 5) is 22.8. The monoisotopic (exact) mass is 350 g/mol. The Morgan fingerprint density at radius 1 is 1.38 bits per heavy atom. The Labute approximate surface area is 151 Å². The molecule has 0 N–H and O–H groups in total. The van der Waals surface area contributed by atoms with Crippen LogP contribution >= 0.6 is 0 Å². The van der Waals surface area contributed by atoms with Crippen molar-refractivity contribution in [3.8, 4) is 11.9 Å². The Hall–Kier alpha value is -2.98. The quantitative estimate of drug-likeness (QED) is 0.831. The first-order valence-electron chi connectivity index (χ1n) is 8.47. The van der Waals surface area contributed by atoms with E-state index < -0.39 is 0 Å². The minimum Gasteiger partial charge on any atom is -0.477 e. The standard InChI is InChI=1S/C19H18N4O3/c20-7-14-4-5-17(22-8-14)26-13-19-11-23(9-15(19)10-25-12-19)18(24)16-3-1-2-6-21-16/h1-6,8,15H,9-13H2/t15-,19+/m0/s1. The summed E-state index contributed by atoms with van der Waals surface area (Å²) in [6.07, 6.45) is 3.11. The Morgan fingerprint density at radius 2 is 2.31 bits per heavy atom. The second-order valence-corrected chi connectivity index (χ2v) is 6.76. The number of ether oxygens (including phenoxy) is 2. The summed E-state index contributed by atoms with van der Waals surface area (Å²) in [5.74, 6) is 0.642. The summed E-state index contributed by atoms with van der Waals surface area (Å²) in [5.41, 5.74) is 0.712. The van der Waals surface area contributed by atoms with Crippen LogP contribution in [0.5, 0.6) is 5.88 Å². The molecule has 2 fully saturated rings. The normalized spacial score (nSPS) is 24.1. The SMILES string of the molecule is N#Cc1ccc(OC[C@@]23COC[C@@H]2CN(C(=O)c2ccccn2)C3)nc1. The average molecular weight is 350 g/mol. The number of hydrogen-bond donors (Lipinski definition) is 0. The van der Waals surface area contributed by atoms with E-state index in [-0.39, 0.29) is 17.2 Å². The second kappa shape index (κ2) is 6.73. The maximum Gasteiger partial charge on any atom is 0.272 e. The molecule has 2 aromatic rings. The largest absolute Gasteiger partial charge is 0.477 e. The molecule has 1 amide bonds. The Kier molecular flexibility index (Phi) is 4.27. The first-order chi connectivity index (χ1) is 12.7. The van der Waals surface area contributed by atoms with Gasteiger partial charge in [0.1, 0.15) is 11.8 Å². The number of hydrogen-bond acceptors (Lipinski definition) is 6. The van der Waals surface area contributed by atoms with Crippen LogP contribution in [0.4, 0.5) is 0 Å². The third-order valence-electron chi connectivity index (χ3n) is 5.07. The summed E-state index contributed by atoms with van der Waals surface area (Å²) >= 11 is 0. The molecule has 4 rings (SSSR count). The van der Waals surface area contributed by atoms with Gasteiger partial charge in [-0.25, -0.2) is 4.98 Å². The molecule has 4 heterocycles. The maximum absolute atomic E-state index is 12.7. The zero-order chi connectivity index (χ0) is 18.0. The number of pyridine rings is 2. The third-order valence-corrected chi connectivity index (χ3v) is 5.07. The van der Waals surface area contributed by atoms with E-state index in [9.17, 15) is 4.79 Å². The average Bonchev–Trinajstić information content (AvgIpc) is 3.24. The van der Waals surface area contributed by atoms with Gasteiger partial charge in [-0.15, -0.1) is 0 Å². The Balaban J connectivity index is 1.46. The lowest BCUT2D eigenvalue weighted by Gasteiger charge is -2.26. The van der Waals surface area contributed by atoms with Gasteiger partial charge in [-0.2, -0.15) is 5.26 Å². The van der Waals surface area contributed by atoms with E-state index in [0.717, 1.165) is 0 Å². The van der Waals surface area contributed by atoms with Gasteiger partial charge in [0, 0.05) is 37.5 Å². The maximum atomic E-state index is 12.7. The number of nitriles is 1. The summed E-state index contributed by atoms with van der Waals surface area (Å²) in [6.45, 7) is 2.81. The molecule has 7 heteroatoms. The van der Waals surface area contributed by atoms with Crippen molar-refractivity contribution in [3.63, 3.8) is 0 Å². The predicted octanol–water partition coefficient (Wildman–Crippen LogP) is 1.52. The molecule has 0 saturated carbocycles. The molecule has 0 aliphatic carbocycles. The summed E-state index contributed by atoms with van der Waals surface area (Å²) < 4.78 is 11.6. The van der Waals surface area contributed by atoms with E-state index in [4.69, 9.17) is 14.7 Å². The predicted molar refractivity (Wildman–Crippen MR) is 91.3 cm³/mol. The fourth-order valence-electron chi connectivity index (χ4n) is 3.59. The molecule has 2 aliphatic heterocycles. The molecule has 2 atom stereocenters. The third kappa shape index (κ3) is 3.00. The van der Waals surface area contributed by atoms with E-state index in [1.165, 1.54) is 6.20 Å². The second-order valence-electron chi connectivity index (χ2n) is 6.76. The molecular weight excluding hydrogens is 332 g/mol. The van der Waals surface area contributed by atoms with Crippen LogP contribution in [0, 0.1) is 22.7 Å². The first kappa shape index (κ1) is 16.5. The molecular formula is C19H18N4O3. The van der Waals surface area contributed by atoms with Gasteiger partial charge >= 0.3 is 0 Å². The van der Waals surface area contributed by atoms with Crippen molar-refractivity contribution in [3.05, 3.63) is 54.0 Å². The molecule has 2 aliphatic rings. The van der Waals surface area contributed by atoms with Crippen LogP contribution in [0.3, 0.4) is 0 Å². The Bertz CT molecular complexity index is 834. The van der Waals surface area contributed by atoms with Gasteiger partial charge in [0.2, 0.25) is 5.88 Å². The van der Waals surface area contributed by atoms with Crippen LogP contribution < -0.4 is 4.74 Å². The fourth-order valence-corrected chi connectivity index (χ4v) is 3.59. The zero-order valence-corrected chi connectivity index (χ0v) is 14.2. The van der Waals surface area contributed by atoms with Crippen LogP contribution in [0.2, 0.25) is 0 Å². The van der Waals surface area contributed by atoms with Gasteiger partial charge in [-0.3, -0.25) is 9.78 Å². The topological polar surface area (TPSA) is 88.3 Å². The van der Waals surface area contributed by atoms with Gasteiger partial charge < -0.3 is 14.4 Å². The summed E-state index contributed by atoms with van der Waals surface area (Å²) in [5, 5.41) is 8.84. The molecule has 0 unspecified atom stereocenters. The molecule has 0 spiro atoms. The highest BCUT2D eigenvalue weighted by Gasteiger charge is 2.52. The zero-order valence-electron chi connectivity index (χ0n) is 14.2. The molecule has 0 bridgehead atoms. The lowest BCUT2D eigenvalue weighted by Crippen LogP contribution is -2.38. The number of carbonyl (C=O) groups excluding carboxylic acids is 1. The lowest BCUT2D eigenvalue weighted by atomic mass is 9.82. The van der Waals surface area contributed by atoms with E-state index in [1.54, 1.807) is 30.5 Å². The van der Waals surface area contributed by atoms with Crippen molar-refractivity contribution in [1.29, 1.82) is 5.26 Å². The van der Waals surface area contributed by atoms with Crippen LogP contribution in [0.25, 0.3) is 0 Å². The van der Waals surface area contributed by atoms with Crippen LogP contribution in [-0.4, -0.2) is 53.7 Å². The molecule has 2 saturated heterocycles. The lowest BCUT2D eigenvalue weighted by molar-refractivity contribution is 0.0651. The molecule has 2 aromatic heterocycles. The van der Waals surface area contributed by atoms with Gasteiger partial charge in [0.15, 0.2) is 0 Å². The highest BCUT2D eigenvalue weighted by atomic mass is 16.5. The number of amides is 1. The number of rotatable bonds is 4. The minimum absolute atomic E-state index is 0.0594. The van der Waals surface area contributed by atoms with Crippen LogP contribution in [0.15, 0.2) is 42.7 Å². The van der Waals surface area contributed by atoms with Crippen LogP contribution in [-0.2, 0) is 4.74 Å². The van der Waals surface area contributed by atoms with Gasteiger partial charge in [-0.1, -0.05) is 6.07 Å². The molecule has 0 aromatic carbocycles. The number of likely N-dealkylation sites (tertiary alicyclic amines) is 1. The van der Waals surface area contributed by atoms with Crippen molar-refractivity contribution in [2.24, 2.45) is 11.3 Å². The number of nitrogens with zero attached hydrogens (tertiary/aromatic N) is 4. The minimum atomic E-state index is -0.236. The van der Waals surface area contributed by atoms with Crippen molar-refractivity contribution in [2.75, 3.05) is 32.9 Å². The smallest absolute Gasteiger partial charge is 0.272 e. The highest BCUT2D eigenvalue weighted by Crippen LogP contribution is 2.42. The Morgan fingerprint density at radius 3 is 3.04 bits per heavy atom. The molecule has 26 heavy (non-hydrogen) atoms. The van der Waals surface area contributed by atoms with Crippen molar-refractivity contribution in [1.82, 2.24) is 14.9 Å². The van der Waals surface area contributed by atoms with E-state index in [1.807, 2.05) is 17.0 Å². The first-order valence-corrected chi connectivity index (χ1v) is 8.47. The molecule has 7 nitrogen and oxygen atoms in total. The molecule has 0 radical (unpaired) electrons. The number of carbonyl (C=O) groups is 1. The van der Waals surface area contributed by atoms with Crippen molar-refractivity contribution in [2.45, 2.75) is 0 Å². The summed E-state index contributed by atoms with van der Waals surface area (Å²) in [6, 6.07) is 10.7. The highest BCUT2D eigenvalue weighted by molar-refractivity contribution is 5.92.